The summed E-state index contributed by atoms with van der Waals surface area (Å²) in [6, 6.07) is 5.11. The van der Waals surface area contributed by atoms with Gasteiger partial charge in [-0.05, 0) is 0 Å². The molecule has 2 aliphatic carbocycles. The molecule has 3 rings (SSSR count). The van der Waals surface area contributed by atoms with Crippen molar-refractivity contribution >= 4 is 6.08 Å². The van der Waals surface area contributed by atoms with E-state index >= 15 is 0 Å². The first-order chi connectivity index (χ1) is 9.44. The minimum atomic E-state index is -1.48. The van der Waals surface area contributed by atoms with Crippen molar-refractivity contribution in [2.45, 2.75) is 59.0 Å². The number of allylic oxidation sites excluding steroid dienone is 1. The van der Waals surface area contributed by atoms with Crippen LogP contribution in [0.3, 0.4) is 0 Å². The average Bonchev–Trinajstić information content (AvgIpc) is 2.96. The summed E-state index contributed by atoms with van der Waals surface area (Å²) in [6.45, 7) is 7.24. The Bertz CT molecular complexity index is 563. The van der Waals surface area contributed by atoms with Crippen LogP contribution in [0.25, 0.3) is 6.08 Å². The summed E-state index contributed by atoms with van der Waals surface area (Å²) in [5, 5.41) is 0. The van der Waals surface area contributed by atoms with E-state index in [1.54, 1.807) is 16.7 Å². The van der Waals surface area contributed by atoms with Gasteiger partial charge >= 0.3 is 132 Å². The van der Waals surface area contributed by atoms with Crippen LogP contribution in [0.4, 0.5) is 0 Å². The second-order valence-electron chi connectivity index (χ2n) is 7.30. The zero-order valence-corrected chi connectivity index (χ0v) is 17.2. The third-order valence-corrected chi connectivity index (χ3v) is 15.2. The number of rotatable bonds is 3. The molecule has 0 aromatic heterocycles. The van der Waals surface area contributed by atoms with E-state index in [9.17, 15) is 0 Å². The van der Waals surface area contributed by atoms with E-state index in [0.717, 1.165) is 0 Å². The van der Waals surface area contributed by atoms with Crippen molar-refractivity contribution < 1.29 is 21.4 Å². The van der Waals surface area contributed by atoms with Gasteiger partial charge in [-0.1, -0.05) is 0 Å². The molecule has 0 heterocycles. The van der Waals surface area contributed by atoms with Gasteiger partial charge in [-0.25, -0.2) is 0 Å². The first kappa shape index (κ1) is 14.8. The SMILES string of the molecule is CCC1(CC)Cc2cc3c(cc2C1)[C](C)([Hf]([CH3])[CH3])C=C3. The molecule has 107 valence electrons. The average molecular weight is 434 g/mol. The number of hydrogen-bond acceptors (Lipinski definition) is 0. The predicted molar refractivity (Wildman–Crippen MR) is 85.0 cm³/mol. The third-order valence-electron chi connectivity index (χ3n) is 6.20. The van der Waals surface area contributed by atoms with Crippen molar-refractivity contribution in [3.05, 3.63) is 40.5 Å². The van der Waals surface area contributed by atoms with Gasteiger partial charge in [0.05, 0.1) is 0 Å². The van der Waals surface area contributed by atoms with Gasteiger partial charge in [0, 0.05) is 0 Å². The first-order valence-corrected chi connectivity index (χ1v) is 17.1. The first-order valence-electron chi connectivity index (χ1n) is 8.10. The summed E-state index contributed by atoms with van der Waals surface area (Å²) in [5.74, 6) is 0. The van der Waals surface area contributed by atoms with Crippen molar-refractivity contribution in [1.29, 1.82) is 0 Å². The Hall–Kier alpha value is -0.170. The quantitative estimate of drug-likeness (QED) is 0.548. The number of fused-ring (bicyclic) bond motifs is 2. The Morgan fingerprint density at radius 2 is 1.65 bits per heavy atom. The molecule has 0 amide bonds. The molecule has 1 aromatic carbocycles. The van der Waals surface area contributed by atoms with E-state index < -0.39 is 21.4 Å². The maximum atomic E-state index is 2.59. The molecule has 1 heteroatoms. The predicted octanol–water partition coefficient (Wildman–Crippen LogP) is 5.55. The minimum absolute atomic E-state index is 0.443. The molecule has 20 heavy (non-hydrogen) atoms. The zero-order chi connectivity index (χ0) is 14.5. The Labute approximate surface area is 132 Å². The molecule has 0 fully saturated rings. The zero-order valence-electron chi connectivity index (χ0n) is 13.6. The Morgan fingerprint density at radius 3 is 2.20 bits per heavy atom. The van der Waals surface area contributed by atoms with Gasteiger partial charge in [0.1, 0.15) is 0 Å². The van der Waals surface area contributed by atoms with Crippen LogP contribution in [0.2, 0.25) is 9.36 Å². The molecule has 0 nitrogen and oxygen atoms in total. The summed E-state index contributed by atoms with van der Waals surface area (Å²) in [6.07, 6.45) is 10.2. The van der Waals surface area contributed by atoms with Gasteiger partial charge in [0.2, 0.25) is 0 Å². The fraction of sp³-hybridized carbons (Fsp3) is 0.579. The summed E-state index contributed by atoms with van der Waals surface area (Å²) >= 11 is -1.48. The standard InChI is InChI=1S/C17H21.2CH3.Hf/c1-4-17(5-2)10-14-8-13-7-6-12(3)16(13)9-15(14)11-17;;;/h6-9H,4-5,10-11H2,1-3H3;2*1H3;. The van der Waals surface area contributed by atoms with Gasteiger partial charge in [0.25, 0.3) is 0 Å². The molecule has 0 N–H and O–H groups in total. The molecular formula is C19H27Hf. The van der Waals surface area contributed by atoms with Crippen molar-refractivity contribution in [1.82, 2.24) is 0 Å². The van der Waals surface area contributed by atoms with Gasteiger partial charge < -0.3 is 0 Å². The summed E-state index contributed by atoms with van der Waals surface area (Å²) in [5.41, 5.74) is 7.04. The molecule has 0 bridgehead atoms. The Morgan fingerprint density at radius 1 is 1.05 bits per heavy atom. The molecule has 1 aromatic rings. The number of benzene rings is 1. The fourth-order valence-electron chi connectivity index (χ4n) is 4.03. The topological polar surface area (TPSA) is 0 Å². The Balaban J connectivity index is 2.05. The van der Waals surface area contributed by atoms with E-state index in [0.29, 0.717) is 8.59 Å². The summed E-state index contributed by atoms with van der Waals surface area (Å²) in [4.78, 5) is 0. The van der Waals surface area contributed by atoms with Crippen molar-refractivity contribution in [3.8, 4) is 0 Å². The molecule has 0 radical (unpaired) electrons. The second-order valence-corrected chi connectivity index (χ2v) is 18.2. The molecule has 1 unspecified atom stereocenters. The van der Waals surface area contributed by atoms with E-state index in [2.05, 4.69) is 54.4 Å². The second kappa shape index (κ2) is 4.93. The molecule has 2 aliphatic rings. The van der Waals surface area contributed by atoms with Gasteiger partial charge in [-0.15, -0.1) is 0 Å². The Kier molecular flexibility index (Phi) is 3.64. The molecule has 1 atom stereocenters. The maximum absolute atomic E-state index is 2.59. The van der Waals surface area contributed by atoms with E-state index in [1.807, 2.05) is 0 Å². The molecule has 0 saturated heterocycles. The van der Waals surface area contributed by atoms with Crippen molar-refractivity contribution in [2.24, 2.45) is 5.41 Å². The fourth-order valence-corrected chi connectivity index (χ4v) is 8.24. The van der Waals surface area contributed by atoms with Crippen molar-refractivity contribution in [3.63, 3.8) is 0 Å². The summed E-state index contributed by atoms with van der Waals surface area (Å²) in [7, 11) is 0. The molecule has 0 aliphatic heterocycles. The van der Waals surface area contributed by atoms with E-state index in [-0.39, 0.29) is 0 Å². The third kappa shape index (κ3) is 2.03. The van der Waals surface area contributed by atoms with Crippen LogP contribution in [-0.2, 0) is 37.5 Å². The normalized spacial score (nSPS) is 25.6. The van der Waals surface area contributed by atoms with Crippen LogP contribution in [0, 0.1) is 5.41 Å². The van der Waals surface area contributed by atoms with Gasteiger partial charge in [-0.2, -0.15) is 0 Å². The van der Waals surface area contributed by atoms with Gasteiger partial charge in [0.15, 0.2) is 0 Å². The monoisotopic (exact) mass is 435 g/mol. The molecule has 0 saturated carbocycles. The summed E-state index contributed by atoms with van der Waals surface area (Å²) < 4.78 is 5.55. The van der Waals surface area contributed by atoms with E-state index in [1.165, 1.54) is 31.2 Å². The van der Waals surface area contributed by atoms with Crippen LogP contribution in [0.15, 0.2) is 18.2 Å². The van der Waals surface area contributed by atoms with Crippen molar-refractivity contribution in [2.75, 3.05) is 0 Å². The van der Waals surface area contributed by atoms with Crippen LogP contribution in [-0.4, -0.2) is 0 Å². The molecule has 0 spiro atoms. The van der Waals surface area contributed by atoms with Crippen LogP contribution in [0.5, 0.6) is 0 Å². The van der Waals surface area contributed by atoms with Crippen LogP contribution >= 0.6 is 0 Å². The van der Waals surface area contributed by atoms with Gasteiger partial charge in [-0.3, -0.25) is 0 Å². The number of hydrogen-bond donors (Lipinski definition) is 0. The van der Waals surface area contributed by atoms with Crippen LogP contribution < -0.4 is 0 Å². The molecular weight excluding hydrogens is 407 g/mol. The van der Waals surface area contributed by atoms with E-state index in [4.69, 9.17) is 0 Å². The van der Waals surface area contributed by atoms with Crippen LogP contribution in [0.1, 0.15) is 55.9 Å².